The number of benzene rings is 2. The van der Waals surface area contributed by atoms with Gasteiger partial charge in [0.2, 0.25) is 0 Å². The van der Waals surface area contributed by atoms with Gasteiger partial charge >= 0.3 is 0 Å². The minimum atomic E-state index is -3.35. The van der Waals surface area contributed by atoms with Crippen molar-refractivity contribution in [3.8, 4) is 0 Å². The zero-order chi connectivity index (χ0) is 17.5. The van der Waals surface area contributed by atoms with Crippen LogP contribution in [-0.2, 0) is 9.84 Å². The van der Waals surface area contributed by atoms with Gasteiger partial charge in [-0.1, -0.05) is 31.2 Å². The van der Waals surface area contributed by atoms with Crippen molar-refractivity contribution in [2.45, 2.75) is 31.1 Å². The summed E-state index contributed by atoms with van der Waals surface area (Å²) in [5.74, 6) is 0.269. The molecule has 1 aliphatic rings. The third-order valence-electron chi connectivity index (χ3n) is 4.66. The molecular weight excluding hydrogens is 322 g/mol. The van der Waals surface area contributed by atoms with Crippen molar-refractivity contribution in [1.82, 2.24) is 0 Å². The summed E-state index contributed by atoms with van der Waals surface area (Å²) < 4.78 is 23.6. The van der Waals surface area contributed by atoms with Crippen molar-refractivity contribution in [2.75, 3.05) is 17.7 Å². The van der Waals surface area contributed by atoms with Gasteiger partial charge in [-0.25, -0.2) is 8.42 Å². The van der Waals surface area contributed by atoms with Gasteiger partial charge in [0.25, 0.3) is 5.91 Å². The number of para-hydroxylation sites is 1. The van der Waals surface area contributed by atoms with Crippen LogP contribution in [0.3, 0.4) is 0 Å². The Hall–Kier alpha value is -2.14. The lowest BCUT2D eigenvalue weighted by Crippen LogP contribution is -2.36. The Bertz CT molecular complexity index is 903. The normalized spacial score (nSPS) is 17.5. The molecule has 1 aliphatic heterocycles. The van der Waals surface area contributed by atoms with Crippen LogP contribution < -0.4 is 4.90 Å². The summed E-state index contributed by atoms with van der Waals surface area (Å²) in [6.45, 7) is 4.63. The molecule has 1 amide bonds. The van der Waals surface area contributed by atoms with E-state index in [1.807, 2.05) is 25.1 Å². The molecule has 2 aromatic rings. The predicted molar refractivity (Wildman–Crippen MR) is 95.4 cm³/mol. The van der Waals surface area contributed by atoms with E-state index in [1.165, 1.54) is 6.07 Å². The summed E-state index contributed by atoms with van der Waals surface area (Å²) in [6, 6.07) is 12.7. The average molecular weight is 343 g/mol. The van der Waals surface area contributed by atoms with Gasteiger partial charge in [-0.3, -0.25) is 4.79 Å². The van der Waals surface area contributed by atoms with E-state index >= 15 is 0 Å². The van der Waals surface area contributed by atoms with E-state index in [0.29, 0.717) is 18.0 Å². The van der Waals surface area contributed by atoms with Crippen LogP contribution in [0.25, 0.3) is 0 Å². The Morgan fingerprint density at radius 2 is 1.88 bits per heavy atom. The van der Waals surface area contributed by atoms with Crippen LogP contribution in [0.15, 0.2) is 47.4 Å². The molecule has 0 bridgehead atoms. The minimum absolute atomic E-state index is 0.141. The van der Waals surface area contributed by atoms with E-state index in [1.54, 1.807) is 17.0 Å². The van der Waals surface area contributed by atoms with E-state index in [2.05, 4.69) is 13.0 Å². The SMILES string of the molecule is Cc1ccc(S(C)(=O)=O)cc1C(=O)N1CCC(C)c2ccccc21. The largest absolute Gasteiger partial charge is 0.308 e. The summed E-state index contributed by atoms with van der Waals surface area (Å²) in [5, 5.41) is 0. The van der Waals surface area contributed by atoms with Crippen LogP contribution in [0.5, 0.6) is 0 Å². The highest BCUT2D eigenvalue weighted by molar-refractivity contribution is 7.90. The highest BCUT2D eigenvalue weighted by atomic mass is 32.2. The van der Waals surface area contributed by atoms with Crippen molar-refractivity contribution < 1.29 is 13.2 Å². The molecule has 0 N–H and O–H groups in total. The number of aryl methyl sites for hydroxylation is 1. The van der Waals surface area contributed by atoms with Crippen LogP contribution in [0.2, 0.25) is 0 Å². The monoisotopic (exact) mass is 343 g/mol. The molecule has 0 radical (unpaired) electrons. The average Bonchev–Trinajstić information content (AvgIpc) is 2.54. The van der Waals surface area contributed by atoms with E-state index < -0.39 is 9.84 Å². The lowest BCUT2D eigenvalue weighted by molar-refractivity contribution is 0.0983. The Labute approximate surface area is 143 Å². The molecule has 1 heterocycles. The van der Waals surface area contributed by atoms with Crippen LogP contribution in [0, 0.1) is 6.92 Å². The number of fused-ring (bicyclic) bond motifs is 1. The number of rotatable bonds is 2. The Morgan fingerprint density at radius 3 is 2.58 bits per heavy atom. The summed E-state index contributed by atoms with van der Waals surface area (Å²) in [6.07, 6.45) is 2.05. The molecule has 0 spiro atoms. The standard InChI is InChI=1S/C19H21NO3S/c1-13-8-9-15(24(3,22)23)12-17(13)19(21)20-11-10-14(2)16-6-4-5-7-18(16)20/h4-9,12,14H,10-11H2,1-3H3. The number of nitrogens with zero attached hydrogens (tertiary/aromatic N) is 1. The van der Waals surface area contributed by atoms with Gasteiger partial charge in [-0.2, -0.15) is 0 Å². The number of hydrogen-bond acceptors (Lipinski definition) is 3. The first-order chi connectivity index (χ1) is 11.3. The van der Waals surface area contributed by atoms with E-state index in [0.717, 1.165) is 29.5 Å². The quantitative estimate of drug-likeness (QED) is 0.838. The lowest BCUT2D eigenvalue weighted by Gasteiger charge is -2.33. The fourth-order valence-corrected chi connectivity index (χ4v) is 3.81. The van der Waals surface area contributed by atoms with Crippen LogP contribution in [-0.4, -0.2) is 27.1 Å². The van der Waals surface area contributed by atoms with Crippen molar-refractivity contribution in [3.63, 3.8) is 0 Å². The van der Waals surface area contributed by atoms with Gasteiger partial charge in [-0.15, -0.1) is 0 Å². The van der Waals surface area contributed by atoms with Gasteiger partial charge in [0, 0.05) is 24.1 Å². The number of carbonyl (C=O) groups excluding carboxylic acids is 1. The first kappa shape index (κ1) is 16.7. The highest BCUT2D eigenvalue weighted by Crippen LogP contribution is 2.35. The summed E-state index contributed by atoms with van der Waals surface area (Å²) in [5.41, 5.74) is 3.31. The molecule has 1 unspecified atom stereocenters. The van der Waals surface area contributed by atoms with Crippen molar-refractivity contribution >= 4 is 21.4 Å². The van der Waals surface area contributed by atoms with Gasteiger partial charge in [0.05, 0.1) is 4.90 Å². The number of hydrogen-bond donors (Lipinski definition) is 0. The predicted octanol–water partition coefficient (Wildman–Crippen LogP) is 3.55. The minimum Gasteiger partial charge on any atom is -0.308 e. The zero-order valence-corrected chi connectivity index (χ0v) is 14.9. The lowest BCUT2D eigenvalue weighted by atomic mass is 9.91. The molecule has 0 fully saturated rings. The second-order valence-corrected chi connectivity index (χ2v) is 8.47. The van der Waals surface area contributed by atoms with E-state index in [9.17, 15) is 13.2 Å². The van der Waals surface area contributed by atoms with Crippen LogP contribution in [0.4, 0.5) is 5.69 Å². The molecule has 0 saturated heterocycles. The van der Waals surface area contributed by atoms with Crippen LogP contribution in [0.1, 0.15) is 40.7 Å². The van der Waals surface area contributed by atoms with Crippen LogP contribution >= 0.6 is 0 Å². The fraction of sp³-hybridized carbons (Fsp3) is 0.316. The molecule has 0 aliphatic carbocycles. The van der Waals surface area contributed by atoms with Gasteiger partial charge in [0.1, 0.15) is 0 Å². The van der Waals surface area contributed by atoms with Gasteiger partial charge < -0.3 is 4.90 Å². The van der Waals surface area contributed by atoms with Crippen molar-refractivity contribution in [2.24, 2.45) is 0 Å². The molecule has 4 nitrogen and oxygen atoms in total. The van der Waals surface area contributed by atoms with Crippen molar-refractivity contribution in [3.05, 3.63) is 59.2 Å². The molecule has 0 aromatic heterocycles. The number of carbonyl (C=O) groups is 1. The maximum absolute atomic E-state index is 13.1. The maximum atomic E-state index is 13.1. The maximum Gasteiger partial charge on any atom is 0.258 e. The molecule has 5 heteroatoms. The summed E-state index contributed by atoms with van der Waals surface area (Å²) in [7, 11) is -3.35. The first-order valence-corrected chi connectivity index (χ1v) is 9.89. The van der Waals surface area contributed by atoms with Gasteiger partial charge in [-0.05, 0) is 48.6 Å². The Balaban J connectivity index is 2.06. The Kier molecular flexibility index (Phi) is 4.22. The molecule has 126 valence electrons. The third kappa shape index (κ3) is 2.96. The second kappa shape index (κ2) is 6.06. The molecule has 1 atom stereocenters. The topological polar surface area (TPSA) is 54.5 Å². The summed E-state index contributed by atoms with van der Waals surface area (Å²) >= 11 is 0. The Morgan fingerprint density at radius 1 is 1.17 bits per heavy atom. The smallest absolute Gasteiger partial charge is 0.258 e. The molecule has 0 saturated carbocycles. The highest BCUT2D eigenvalue weighted by Gasteiger charge is 2.28. The molecule has 24 heavy (non-hydrogen) atoms. The second-order valence-electron chi connectivity index (χ2n) is 6.45. The van der Waals surface area contributed by atoms with Crippen molar-refractivity contribution in [1.29, 1.82) is 0 Å². The number of amides is 1. The first-order valence-electron chi connectivity index (χ1n) is 8.00. The fourth-order valence-electron chi connectivity index (χ4n) is 3.17. The number of anilines is 1. The molecule has 3 rings (SSSR count). The van der Waals surface area contributed by atoms with E-state index in [4.69, 9.17) is 0 Å². The summed E-state index contributed by atoms with van der Waals surface area (Å²) in [4.78, 5) is 15.0. The number of sulfone groups is 1. The van der Waals surface area contributed by atoms with Gasteiger partial charge in [0.15, 0.2) is 9.84 Å². The molecule has 2 aromatic carbocycles. The third-order valence-corrected chi connectivity index (χ3v) is 5.77. The molecular formula is C19H21NO3S. The zero-order valence-electron chi connectivity index (χ0n) is 14.1. The van der Waals surface area contributed by atoms with E-state index in [-0.39, 0.29) is 10.8 Å².